The third kappa shape index (κ3) is 2.59. The van der Waals surface area contributed by atoms with Crippen LogP contribution < -0.4 is 0 Å². The number of aryl methyl sites for hydroxylation is 1. The van der Waals surface area contributed by atoms with E-state index in [0.717, 1.165) is 11.1 Å². The Bertz CT molecular complexity index is 399. The maximum Gasteiger partial charge on any atom is 0.107 e. The molecule has 1 fully saturated rings. The number of ether oxygens (including phenoxy) is 1. The molecule has 0 aromatic heterocycles. The van der Waals surface area contributed by atoms with E-state index in [4.69, 9.17) is 33.0 Å². The molecular formula is C12H14Cl2O3. The van der Waals surface area contributed by atoms with Gasteiger partial charge < -0.3 is 14.9 Å². The molecule has 94 valence electrons. The van der Waals surface area contributed by atoms with Crippen molar-refractivity contribution in [1.82, 2.24) is 0 Å². The highest BCUT2D eigenvalue weighted by atomic mass is 35.5. The van der Waals surface area contributed by atoms with Gasteiger partial charge in [-0.1, -0.05) is 29.3 Å². The van der Waals surface area contributed by atoms with E-state index in [0.29, 0.717) is 16.5 Å². The molecule has 1 aliphatic rings. The topological polar surface area (TPSA) is 49.7 Å². The second kappa shape index (κ2) is 5.12. The molecule has 2 rings (SSSR count). The molecule has 0 spiro atoms. The van der Waals surface area contributed by atoms with Crippen molar-refractivity contribution in [3.8, 4) is 0 Å². The summed E-state index contributed by atoms with van der Waals surface area (Å²) in [6.07, 6.45) is -0.937. The van der Waals surface area contributed by atoms with Gasteiger partial charge in [0.25, 0.3) is 0 Å². The minimum absolute atomic E-state index is 0.183. The Labute approximate surface area is 110 Å². The lowest BCUT2D eigenvalue weighted by atomic mass is 10.0. The van der Waals surface area contributed by atoms with E-state index in [9.17, 15) is 5.11 Å². The van der Waals surface area contributed by atoms with Crippen LogP contribution in [0.4, 0.5) is 0 Å². The highest BCUT2D eigenvalue weighted by Gasteiger charge is 2.34. The number of halogens is 2. The van der Waals surface area contributed by atoms with Crippen LogP contribution in [0.1, 0.15) is 23.7 Å². The summed E-state index contributed by atoms with van der Waals surface area (Å²) in [6, 6.07) is 3.64. The summed E-state index contributed by atoms with van der Waals surface area (Å²) in [6.45, 7) is 1.69. The van der Waals surface area contributed by atoms with Crippen LogP contribution in [0, 0.1) is 6.92 Å². The molecule has 0 bridgehead atoms. The van der Waals surface area contributed by atoms with Crippen LogP contribution in [0.2, 0.25) is 10.0 Å². The molecule has 0 unspecified atom stereocenters. The van der Waals surface area contributed by atoms with E-state index < -0.39 is 12.2 Å². The molecule has 1 heterocycles. The summed E-state index contributed by atoms with van der Waals surface area (Å²) in [5.74, 6) is 0. The first kappa shape index (κ1) is 13.1. The molecule has 1 saturated heterocycles. The molecule has 1 aromatic carbocycles. The summed E-state index contributed by atoms with van der Waals surface area (Å²) < 4.78 is 5.56. The van der Waals surface area contributed by atoms with Crippen LogP contribution in [0.3, 0.4) is 0 Å². The van der Waals surface area contributed by atoms with E-state index in [-0.39, 0.29) is 12.7 Å². The largest absolute Gasteiger partial charge is 0.394 e. The van der Waals surface area contributed by atoms with Gasteiger partial charge in [0.1, 0.15) is 6.10 Å². The van der Waals surface area contributed by atoms with Crippen molar-refractivity contribution in [2.24, 2.45) is 0 Å². The van der Waals surface area contributed by atoms with Crippen LogP contribution in [0.25, 0.3) is 0 Å². The highest BCUT2D eigenvalue weighted by Crippen LogP contribution is 2.36. The van der Waals surface area contributed by atoms with Crippen molar-refractivity contribution in [3.63, 3.8) is 0 Å². The number of aliphatic hydroxyl groups is 2. The first-order valence-corrected chi connectivity index (χ1v) is 6.18. The number of hydrogen-bond donors (Lipinski definition) is 2. The fraction of sp³-hybridized carbons (Fsp3) is 0.500. The summed E-state index contributed by atoms with van der Waals surface area (Å²) >= 11 is 12.0. The van der Waals surface area contributed by atoms with Gasteiger partial charge >= 0.3 is 0 Å². The van der Waals surface area contributed by atoms with Gasteiger partial charge in [-0.3, -0.25) is 0 Å². The zero-order valence-electron chi connectivity index (χ0n) is 9.36. The van der Waals surface area contributed by atoms with Crippen molar-refractivity contribution in [2.75, 3.05) is 6.61 Å². The van der Waals surface area contributed by atoms with Crippen molar-refractivity contribution >= 4 is 23.2 Å². The van der Waals surface area contributed by atoms with E-state index in [1.807, 2.05) is 13.0 Å². The van der Waals surface area contributed by atoms with Gasteiger partial charge in [0.15, 0.2) is 0 Å². The molecule has 3 nitrogen and oxygen atoms in total. The minimum atomic E-state index is -0.639. The lowest BCUT2D eigenvalue weighted by Gasteiger charge is -2.14. The third-order valence-corrected chi connectivity index (χ3v) is 3.90. The average molecular weight is 277 g/mol. The molecular weight excluding hydrogens is 263 g/mol. The predicted molar refractivity (Wildman–Crippen MR) is 66.5 cm³/mol. The van der Waals surface area contributed by atoms with E-state index >= 15 is 0 Å². The Morgan fingerprint density at radius 3 is 2.65 bits per heavy atom. The molecule has 5 heteroatoms. The molecule has 0 saturated carbocycles. The zero-order valence-corrected chi connectivity index (χ0v) is 10.9. The van der Waals surface area contributed by atoms with Crippen molar-refractivity contribution < 1.29 is 14.9 Å². The smallest absolute Gasteiger partial charge is 0.107 e. The Kier molecular flexibility index (Phi) is 3.95. The molecule has 0 radical (unpaired) electrons. The maximum atomic E-state index is 9.67. The second-order valence-corrected chi connectivity index (χ2v) is 5.07. The number of aliphatic hydroxyl groups excluding tert-OH is 2. The molecule has 2 N–H and O–H groups in total. The summed E-state index contributed by atoms with van der Waals surface area (Å²) in [7, 11) is 0. The van der Waals surface area contributed by atoms with Crippen molar-refractivity contribution in [2.45, 2.75) is 31.7 Å². The SMILES string of the molecule is Cc1cc([C@H]2C[C@H](O)[C@@H](CO)O2)cc(Cl)c1Cl. The van der Waals surface area contributed by atoms with Crippen LogP contribution >= 0.6 is 23.2 Å². The fourth-order valence-electron chi connectivity index (χ4n) is 2.05. The van der Waals surface area contributed by atoms with Crippen LogP contribution in [0.15, 0.2) is 12.1 Å². The van der Waals surface area contributed by atoms with Gasteiger partial charge in [-0.25, -0.2) is 0 Å². The first-order chi connectivity index (χ1) is 8.02. The minimum Gasteiger partial charge on any atom is -0.394 e. The molecule has 17 heavy (non-hydrogen) atoms. The van der Waals surface area contributed by atoms with Gasteiger partial charge in [0.2, 0.25) is 0 Å². The fourth-order valence-corrected chi connectivity index (χ4v) is 2.43. The molecule has 0 aliphatic carbocycles. The maximum absolute atomic E-state index is 9.67. The molecule has 0 amide bonds. The Balaban J connectivity index is 2.25. The van der Waals surface area contributed by atoms with E-state index in [2.05, 4.69) is 0 Å². The second-order valence-electron chi connectivity index (χ2n) is 4.28. The van der Waals surface area contributed by atoms with Crippen molar-refractivity contribution in [1.29, 1.82) is 0 Å². The lowest BCUT2D eigenvalue weighted by Crippen LogP contribution is -2.24. The first-order valence-electron chi connectivity index (χ1n) is 5.43. The van der Waals surface area contributed by atoms with E-state index in [1.54, 1.807) is 6.07 Å². The normalized spacial score (nSPS) is 28.6. The Morgan fingerprint density at radius 1 is 1.41 bits per heavy atom. The zero-order chi connectivity index (χ0) is 12.6. The summed E-state index contributed by atoms with van der Waals surface area (Å²) in [5, 5.41) is 19.7. The van der Waals surface area contributed by atoms with Gasteiger partial charge in [-0.05, 0) is 24.1 Å². The van der Waals surface area contributed by atoms with Gasteiger partial charge in [0.05, 0.1) is 28.9 Å². The third-order valence-electron chi connectivity index (χ3n) is 3.01. The van der Waals surface area contributed by atoms with Gasteiger partial charge in [-0.2, -0.15) is 0 Å². The monoisotopic (exact) mass is 276 g/mol. The number of benzene rings is 1. The number of rotatable bonds is 2. The quantitative estimate of drug-likeness (QED) is 0.873. The standard InChI is InChI=1S/C12H14Cl2O3/c1-6-2-7(3-8(13)12(6)14)10-4-9(16)11(5-15)17-10/h2-3,9-11,15-16H,4-5H2,1H3/t9-,10+,11+/m0/s1. The van der Waals surface area contributed by atoms with Gasteiger partial charge in [0, 0.05) is 6.42 Å². The van der Waals surface area contributed by atoms with Crippen LogP contribution in [0.5, 0.6) is 0 Å². The van der Waals surface area contributed by atoms with Crippen molar-refractivity contribution in [3.05, 3.63) is 33.3 Å². The summed E-state index contributed by atoms with van der Waals surface area (Å²) in [4.78, 5) is 0. The average Bonchev–Trinajstić information content (AvgIpc) is 2.66. The molecule has 1 aliphatic heterocycles. The van der Waals surface area contributed by atoms with E-state index in [1.165, 1.54) is 0 Å². The van der Waals surface area contributed by atoms with Crippen LogP contribution in [-0.2, 0) is 4.74 Å². The van der Waals surface area contributed by atoms with Gasteiger partial charge in [-0.15, -0.1) is 0 Å². The highest BCUT2D eigenvalue weighted by molar-refractivity contribution is 6.42. The van der Waals surface area contributed by atoms with Crippen LogP contribution in [-0.4, -0.2) is 29.0 Å². The Morgan fingerprint density at radius 2 is 2.12 bits per heavy atom. The lowest BCUT2D eigenvalue weighted by molar-refractivity contribution is -0.0225. The molecule has 3 atom stereocenters. The number of hydrogen-bond acceptors (Lipinski definition) is 3. The Hall–Kier alpha value is -0.320. The molecule has 1 aromatic rings. The predicted octanol–water partition coefficient (Wildman–Crippen LogP) is 2.49. The summed E-state index contributed by atoms with van der Waals surface area (Å²) in [5.41, 5.74) is 1.76.